The van der Waals surface area contributed by atoms with Crippen LogP contribution in [0, 0.1) is 0 Å². The minimum Gasteiger partial charge on any atom is -0.508 e. The van der Waals surface area contributed by atoms with Gasteiger partial charge >= 0.3 is 0 Å². The number of phenolic OH excluding ortho intramolecular Hbond substituents is 2. The zero-order chi connectivity index (χ0) is 12.5. The minimum absolute atomic E-state index is 0.298. The summed E-state index contributed by atoms with van der Waals surface area (Å²) < 4.78 is 0. The van der Waals surface area contributed by atoms with Crippen LogP contribution in [-0.2, 0) is 6.54 Å². The largest absolute Gasteiger partial charge is 0.508 e. The third-order valence-electron chi connectivity index (χ3n) is 3.36. The van der Waals surface area contributed by atoms with Crippen molar-refractivity contribution >= 4 is 0 Å². The Bertz CT molecular complexity index is 551. The number of hydrogen-bond acceptors (Lipinski definition) is 3. The first-order valence-electron chi connectivity index (χ1n) is 6.04. The number of phenols is 2. The maximum Gasteiger partial charge on any atom is 0.120 e. The highest BCUT2D eigenvalue weighted by Gasteiger charge is 2.35. The second-order valence-electron chi connectivity index (χ2n) is 4.67. The standard InChI is InChI=1S/C15H15NO2/c17-13-7-5-11(6-8-13)14-10-16(14)9-12-3-1-2-4-15(12)18/h1-8,14,17-18H,9-10H2. The molecule has 2 aromatic rings. The molecule has 2 N–H and O–H groups in total. The van der Waals surface area contributed by atoms with Gasteiger partial charge in [-0.3, -0.25) is 4.90 Å². The zero-order valence-corrected chi connectivity index (χ0v) is 9.95. The number of benzene rings is 2. The Hall–Kier alpha value is -2.00. The Morgan fingerprint density at radius 1 is 1.00 bits per heavy atom. The average molecular weight is 241 g/mol. The van der Waals surface area contributed by atoms with Crippen molar-refractivity contribution in [2.24, 2.45) is 0 Å². The summed E-state index contributed by atoms with van der Waals surface area (Å²) in [6, 6.07) is 15.2. The van der Waals surface area contributed by atoms with E-state index in [9.17, 15) is 10.2 Å². The monoisotopic (exact) mass is 241 g/mol. The Balaban J connectivity index is 1.68. The molecule has 1 saturated heterocycles. The van der Waals surface area contributed by atoms with Crippen molar-refractivity contribution in [1.29, 1.82) is 0 Å². The van der Waals surface area contributed by atoms with Gasteiger partial charge in [-0.05, 0) is 23.8 Å². The van der Waals surface area contributed by atoms with Crippen molar-refractivity contribution in [3.63, 3.8) is 0 Å². The van der Waals surface area contributed by atoms with Crippen LogP contribution in [0.2, 0.25) is 0 Å². The number of rotatable bonds is 3. The first-order chi connectivity index (χ1) is 8.74. The quantitative estimate of drug-likeness (QED) is 0.812. The lowest BCUT2D eigenvalue weighted by atomic mass is 10.1. The van der Waals surface area contributed by atoms with Crippen LogP contribution in [-0.4, -0.2) is 21.7 Å². The van der Waals surface area contributed by atoms with Gasteiger partial charge in [0.05, 0.1) is 0 Å². The van der Waals surface area contributed by atoms with Crippen molar-refractivity contribution in [3.05, 3.63) is 59.7 Å². The van der Waals surface area contributed by atoms with E-state index >= 15 is 0 Å². The molecule has 2 atom stereocenters. The molecule has 3 rings (SSSR count). The van der Waals surface area contributed by atoms with E-state index in [1.54, 1.807) is 18.2 Å². The lowest BCUT2D eigenvalue weighted by Gasteiger charge is -2.06. The van der Waals surface area contributed by atoms with Crippen molar-refractivity contribution < 1.29 is 10.2 Å². The van der Waals surface area contributed by atoms with Gasteiger partial charge in [0.2, 0.25) is 0 Å². The molecule has 0 radical (unpaired) electrons. The van der Waals surface area contributed by atoms with Crippen LogP contribution in [0.4, 0.5) is 0 Å². The Morgan fingerprint density at radius 3 is 2.44 bits per heavy atom. The van der Waals surface area contributed by atoms with Gasteiger partial charge in [0.25, 0.3) is 0 Å². The maximum absolute atomic E-state index is 9.72. The summed E-state index contributed by atoms with van der Waals surface area (Å²) in [6.45, 7) is 1.76. The van der Waals surface area contributed by atoms with E-state index in [1.807, 2.05) is 30.3 Å². The Labute approximate surface area is 106 Å². The van der Waals surface area contributed by atoms with Crippen LogP contribution in [0.5, 0.6) is 11.5 Å². The Kier molecular flexibility index (Phi) is 2.68. The number of aromatic hydroxyl groups is 2. The van der Waals surface area contributed by atoms with Crippen LogP contribution in [0.15, 0.2) is 48.5 Å². The maximum atomic E-state index is 9.72. The lowest BCUT2D eigenvalue weighted by molar-refractivity contribution is 0.444. The first-order valence-corrected chi connectivity index (χ1v) is 6.04. The normalized spacial score (nSPS) is 21.8. The predicted octanol–water partition coefficient (Wildman–Crippen LogP) is 2.65. The van der Waals surface area contributed by atoms with E-state index in [4.69, 9.17) is 0 Å². The van der Waals surface area contributed by atoms with Gasteiger partial charge in [0.15, 0.2) is 0 Å². The van der Waals surface area contributed by atoms with Crippen LogP contribution in [0.1, 0.15) is 17.2 Å². The van der Waals surface area contributed by atoms with E-state index in [1.165, 1.54) is 5.56 Å². The van der Waals surface area contributed by atoms with Gasteiger partial charge in [-0.1, -0.05) is 30.3 Å². The number of para-hydroxylation sites is 1. The molecular weight excluding hydrogens is 226 g/mol. The SMILES string of the molecule is Oc1ccc(C2CN2Cc2ccccc2O)cc1. The van der Waals surface area contributed by atoms with E-state index in [0.29, 0.717) is 17.5 Å². The average Bonchev–Trinajstić information content (AvgIpc) is 3.12. The topological polar surface area (TPSA) is 43.5 Å². The molecule has 1 aliphatic heterocycles. The number of nitrogens with zero attached hydrogens (tertiary/aromatic N) is 1. The van der Waals surface area contributed by atoms with Gasteiger partial charge in [-0.15, -0.1) is 0 Å². The summed E-state index contributed by atoms with van der Waals surface area (Å²) >= 11 is 0. The summed E-state index contributed by atoms with van der Waals surface area (Å²) in [6.07, 6.45) is 0. The molecule has 0 aromatic heterocycles. The molecular formula is C15H15NO2. The van der Waals surface area contributed by atoms with Crippen molar-refractivity contribution in [1.82, 2.24) is 4.90 Å². The molecule has 3 heteroatoms. The summed E-state index contributed by atoms with van der Waals surface area (Å²) in [4.78, 5) is 2.28. The molecule has 2 aromatic carbocycles. The fourth-order valence-electron chi connectivity index (χ4n) is 2.23. The fourth-order valence-corrected chi connectivity index (χ4v) is 2.23. The molecule has 0 amide bonds. The van der Waals surface area contributed by atoms with Crippen LogP contribution in [0.25, 0.3) is 0 Å². The second-order valence-corrected chi connectivity index (χ2v) is 4.67. The predicted molar refractivity (Wildman–Crippen MR) is 69.4 cm³/mol. The summed E-state index contributed by atoms with van der Waals surface area (Å²) in [5.74, 6) is 0.653. The Morgan fingerprint density at radius 2 is 1.72 bits per heavy atom. The molecule has 18 heavy (non-hydrogen) atoms. The van der Waals surface area contributed by atoms with Gasteiger partial charge in [-0.2, -0.15) is 0 Å². The van der Waals surface area contributed by atoms with E-state index in [-0.39, 0.29) is 0 Å². The van der Waals surface area contributed by atoms with Crippen molar-refractivity contribution in [2.75, 3.05) is 6.54 Å². The van der Waals surface area contributed by atoms with Crippen LogP contribution in [0.3, 0.4) is 0 Å². The van der Waals surface area contributed by atoms with Crippen LogP contribution < -0.4 is 0 Å². The minimum atomic E-state index is 0.298. The molecule has 1 heterocycles. The number of hydrogen-bond donors (Lipinski definition) is 2. The molecule has 92 valence electrons. The molecule has 1 aliphatic rings. The van der Waals surface area contributed by atoms with E-state index in [2.05, 4.69) is 4.90 Å². The third kappa shape index (κ3) is 2.17. The molecule has 0 aliphatic carbocycles. The highest BCUT2D eigenvalue weighted by molar-refractivity contribution is 5.34. The molecule has 0 saturated carbocycles. The molecule has 0 bridgehead atoms. The molecule has 0 spiro atoms. The summed E-state index contributed by atoms with van der Waals surface area (Å²) in [7, 11) is 0. The smallest absolute Gasteiger partial charge is 0.120 e. The first kappa shape index (κ1) is 11.1. The van der Waals surface area contributed by atoms with Gasteiger partial charge in [0.1, 0.15) is 11.5 Å². The summed E-state index contributed by atoms with van der Waals surface area (Å²) in [5.41, 5.74) is 2.17. The lowest BCUT2D eigenvalue weighted by Crippen LogP contribution is -1.99. The molecule has 2 unspecified atom stereocenters. The van der Waals surface area contributed by atoms with E-state index in [0.717, 1.165) is 18.7 Å². The highest BCUT2D eigenvalue weighted by atomic mass is 16.3. The van der Waals surface area contributed by atoms with E-state index < -0.39 is 0 Å². The zero-order valence-electron chi connectivity index (χ0n) is 9.95. The van der Waals surface area contributed by atoms with Gasteiger partial charge < -0.3 is 10.2 Å². The third-order valence-corrected chi connectivity index (χ3v) is 3.36. The summed E-state index contributed by atoms with van der Waals surface area (Å²) in [5, 5.41) is 19.0. The van der Waals surface area contributed by atoms with Crippen molar-refractivity contribution in [2.45, 2.75) is 12.6 Å². The van der Waals surface area contributed by atoms with Gasteiger partial charge in [0, 0.05) is 24.7 Å². The second kappa shape index (κ2) is 4.35. The van der Waals surface area contributed by atoms with Crippen molar-refractivity contribution in [3.8, 4) is 11.5 Å². The molecule has 3 nitrogen and oxygen atoms in total. The molecule has 1 fully saturated rings. The highest BCUT2D eigenvalue weighted by Crippen LogP contribution is 2.37. The van der Waals surface area contributed by atoms with Crippen LogP contribution >= 0.6 is 0 Å². The van der Waals surface area contributed by atoms with Gasteiger partial charge in [-0.25, -0.2) is 0 Å². The fraction of sp³-hybridized carbons (Fsp3) is 0.200.